The van der Waals surface area contributed by atoms with Crippen LogP contribution >= 0.6 is 0 Å². The second-order valence-electron chi connectivity index (χ2n) is 6.52. The molecule has 1 aromatic rings. The standard InChI is InChI=1S/C17H18F4N2O3/c18-11-3-4-14-12(7-11)13(2-1-5-26-14)22-16(25)10-6-15(24)23(8-10)9-17(19,20)21/h3-4,7,10,13H,1-2,5-6,8-9H2,(H,22,25)/t10-,13-/m1/s1. The van der Waals surface area contributed by atoms with E-state index in [1.807, 2.05) is 0 Å². The maximum atomic E-state index is 13.6. The van der Waals surface area contributed by atoms with Gasteiger partial charge in [-0.3, -0.25) is 9.59 Å². The summed E-state index contributed by atoms with van der Waals surface area (Å²) < 4.78 is 56.6. The summed E-state index contributed by atoms with van der Waals surface area (Å²) in [6, 6.07) is 3.51. The number of alkyl halides is 3. The molecule has 2 aliphatic heterocycles. The third-order valence-corrected chi connectivity index (χ3v) is 4.51. The fourth-order valence-corrected chi connectivity index (χ4v) is 3.30. The molecule has 2 heterocycles. The van der Waals surface area contributed by atoms with Gasteiger partial charge < -0.3 is 15.0 Å². The number of ether oxygens (including phenoxy) is 1. The van der Waals surface area contributed by atoms with E-state index in [1.54, 1.807) is 0 Å². The van der Waals surface area contributed by atoms with Gasteiger partial charge >= 0.3 is 6.18 Å². The van der Waals surface area contributed by atoms with Crippen LogP contribution in [0.15, 0.2) is 18.2 Å². The third-order valence-electron chi connectivity index (χ3n) is 4.51. The molecule has 0 bridgehead atoms. The lowest BCUT2D eigenvalue weighted by Crippen LogP contribution is -2.38. The molecule has 0 aromatic heterocycles. The van der Waals surface area contributed by atoms with Crippen LogP contribution in [0.1, 0.15) is 30.9 Å². The monoisotopic (exact) mass is 374 g/mol. The van der Waals surface area contributed by atoms with Gasteiger partial charge in [0.1, 0.15) is 18.1 Å². The molecule has 1 fully saturated rings. The zero-order chi connectivity index (χ0) is 18.9. The third kappa shape index (κ3) is 4.25. The molecule has 0 saturated carbocycles. The normalized spacial score (nSPS) is 23.2. The van der Waals surface area contributed by atoms with Crippen LogP contribution < -0.4 is 10.1 Å². The minimum absolute atomic E-state index is 0.263. The van der Waals surface area contributed by atoms with Crippen molar-refractivity contribution in [3.05, 3.63) is 29.6 Å². The van der Waals surface area contributed by atoms with Gasteiger partial charge in [0.15, 0.2) is 0 Å². The van der Waals surface area contributed by atoms with Gasteiger partial charge in [0.25, 0.3) is 0 Å². The van der Waals surface area contributed by atoms with Crippen molar-refractivity contribution in [2.24, 2.45) is 5.92 Å². The van der Waals surface area contributed by atoms with Crippen LogP contribution in [0.25, 0.3) is 0 Å². The van der Waals surface area contributed by atoms with Gasteiger partial charge in [-0.15, -0.1) is 0 Å². The summed E-state index contributed by atoms with van der Waals surface area (Å²) in [5.74, 6) is -2.06. The first-order valence-electron chi connectivity index (χ1n) is 8.30. The fraction of sp³-hybridized carbons (Fsp3) is 0.529. The van der Waals surface area contributed by atoms with E-state index in [0.717, 1.165) is 0 Å². The van der Waals surface area contributed by atoms with Crippen molar-refractivity contribution >= 4 is 11.8 Å². The van der Waals surface area contributed by atoms with E-state index in [1.165, 1.54) is 18.2 Å². The molecule has 2 aliphatic rings. The highest BCUT2D eigenvalue weighted by Crippen LogP contribution is 2.33. The summed E-state index contributed by atoms with van der Waals surface area (Å²) in [6.45, 7) is -1.21. The molecule has 0 unspecified atom stereocenters. The number of carbonyl (C=O) groups is 2. The zero-order valence-electron chi connectivity index (χ0n) is 13.8. The van der Waals surface area contributed by atoms with Crippen LogP contribution in [0, 0.1) is 11.7 Å². The van der Waals surface area contributed by atoms with Gasteiger partial charge in [-0.05, 0) is 31.0 Å². The zero-order valence-corrected chi connectivity index (χ0v) is 13.8. The number of fused-ring (bicyclic) bond motifs is 1. The van der Waals surface area contributed by atoms with E-state index in [2.05, 4.69) is 5.32 Å². The minimum atomic E-state index is -4.50. The van der Waals surface area contributed by atoms with Gasteiger partial charge in [-0.2, -0.15) is 13.2 Å². The van der Waals surface area contributed by atoms with Gasteiger partial charge in [-0.25, -0.2) is 4.39 Å². The fourth-order valence-electron chi connectivity index (χ4n) is 3.30. The maximum absolute atomic E-state index is 13.6. The van der Waals surface area contributed by atoms with Crippen molar-refractivity contribution in [2.75, 3.05) is 19.7 Å². The summed E-state index contributed by atoms with van der Waals surface area (Å²) in [7, 11) is 0. The number of rotatable bonds is 3. The highest BCUT2D eigenvalue weighted by Gasteiger charge is 2.41. The molecule has 0 radical (unpaired) electrons. The largest absolute Gasteiger partial charge is 0.493 e. The number of hydrogen-bond donors (Lipinski definition) is 1. The van der Waals surface area contributed by atoms with Crippen molar-refractivity contribution in [1.82, 2.24) is 10.2 Å². The Morgan fingerprint density at radius 2 is 2.12 bits per heavy atom. The molecule has 1 saturated heterocycles. The predicted molar refractivity (Wildman–Crippen MR) is 82.8 cm³/mol. The lowest BCUT2D eigenvalue weighted by Gasteiger charge is -2.21. The van der Waals surface area contributed by atoms with Gasteiger partial charge in [-0.1, -0.05) is 0 Å². The first-order chi connectivity index (χ1) is 12.2. The summed E-state index contributed by atoms with van der Waals surface area (Å²) in [5, 5.41) is 2.74. The Hall–Kier alpha value is -2.32. The molecule has 26 heavy (non-hydrogen) atoms. The molecule has 0 spiro atoms. The van der Waals surface area contributed by atoms with Gasteiger partial charge in [0.05, 0.1) is 18.6 Å². The molecule has 1 N–H and O–H groups in total. The summed E-state index contributed by atoms with van der Waals surface area (Å²) in [4.78, 5) is 24.9. The van der Waals surface area contributed by atoms with E-state index in [0.29, 0.717) is 35.7 Å². The average Bonchev–Trinajstić information content (AvgIpc) is 2.78. The molecule has 3 rings (SSSR count). The number of likely N-dealkylation sites (tertiary alicyclic amines) is 1. The Morgan fingerprint density at radius 1 is 1.35 bits per heavy atom. The molecule has 1 aromatic carbocycles. The highest BCUT2D eigenvalue weighted by molar-refractivity contribution is 5.89. The van der Waals surface area contributed by atoms with E-state index in [4.69, 9.17) is 4.74 Å². The number of carbonyl (C=O) groups excluding carboxylic acids is 2. The van der Waals surface area contributed by atoms with Crippen LogP contribution in [0.2, 0.25) is 0 Å². The first-order valence-corrected chi connectivity index (χ1v) is 8.30. The summed E-state index contributed by atoms with van der Waals surface area (Å²) in [5.41, 5.74) is 0.493. The van der Waals surface area contributed by atoms with Crippen molar-refractivity contribution in [1.29, 1.82) is 0 Å². The van der Waals surface area contributed by atoms with Crippen molar-refractivity contribution in [2.45, 2.75) is 31.5 Å². The van der Waals surface area contributed by atoms with E-state index in [9.17, 15) is 27.2 Å². The maximum Gasteiger partial charge on any atom is 0.406 e. The lowest BCUT2D eigenvalue weighted by atomic mass is 10.00. The van der Waals surface area contributed by atoms with Gasteiger partial charge in [0, 0.05) is 18.5 Å². The van der Waals surface area contributed by atoms with Crippen LogP contribution in [0.4, 0.5) is 17.6 Å². The van der Waals surface area contributed by atoms with Crippen molar-refractivity contribution in [3.8, 4) is 5.75 Å². The molecule has 9 heteroatoms. The highest BCUT2D eigenvalue weighted by atomic mass is 19.4. The topological polar surface area (TPSA) is 58.6 Å². The number of nitrogens with one attached hydrogen (secondary N) is 1. The lowest BCUT2D eigenvalue weighted by molar-refractivity contribution is -0.157. The number of amides is 2. The molecule has 2 atom stereocenters. The number of halogens is 4. The Labute approximate surface area is 147 Å². The molecular formula is C17H18F4N2O3. The van der Waals surface area contributed by atoms with Crippen LogP contribution in [-0.2, 0) is 9.59 Å². The molecule has 2 amide bonds. The molecule has 5 nitrogen and oxygen atoms in total. The molecule has 0 aliphatic carbocycles. The minimum Gasteiger partial charge on any atom is -0.493 e. The Bertz CT molecular complexity index is 708. The molecule has 142 valence electrons. The smallest absolute Gasteiger partial charge is 0.406 e. The Morgan fingerprint density at radius 3 is 2.85 bits per heavy atom. The summed E-state index contributed by atoms with van der Waals surface area (Å²) in [6.07, 6.45) is -3.63. The van der Waals surface area contributed by atoms with E-state index < -0.39 is 42.3 Å². The Kier molecular flexibility index (Phi) is 5.06. The quantitative estimate of drug-likeness (QED) is 0.828. The summed E-state index contributed by atoms with van der Waals surface area (Å²) >= 11 is 0. The number of hydrogen-bond acceptors (Lipinski definition) is 3. The van der Waals surface area contributed by atoms with Crippen molar-refractivity contribution in [3.63, 3.8) is 0 Å². The average molecular weight is 374 g/mol. The second kappa shape index (κ2) is 7.13. The SMILES string of the molecule is O=C(N[C@@H]1CCCOc2ccc(F)cc21)[C@@H]1CC(=O)N(CC(F)(F)F)C1. The second-order valence-corrected chi connectivity index (χ2v) is 6.52. The Balaban J connectivity index is 1.69. The van der Waals surface area contributed by atoms with Crippen LogP contribution in [0.5, 0.6) is 5.75 Å². The van der Waals surface area contributed by atoms with E-state index >= 15 is 0 Å². The molecular weight excluding hydrogens is 356 g/mol. The van der Waals surface area contributed by atoms with Crippen molar-refractivity contribution < 1.29 is 31.9 Å². The van der Waals surface area contributed by atoms with Gasteiger partial charge in [0.2, 0.25) is 11.8 Å². The van der Waals surface area contributed by atoms with Crippen LogP contribution in [0.3, 0.4) is 0 Å². The predicted octanol–water partition coefficient (Wildman–Crippen LogP) is 2.57. The number of benzene rings is 1. The van der Waals surface area contributed by atoms with Crippen LogP contribution in [-0.4, -0.2) is 42.6 Å². The number of nitrogens with zero attached hydrogens (tertiary/aromatic N) is 1. The first kappa shape index (κ1) is 18.5. The van der Waals surface area contributed by atoms with E-state index in [-0.39, 0.29) is 13.0 Å².